The van der Waals surface area contributed by atoms with Gasteiger partial charge in [0.1, 0.15) is 0 Å². The highest BCUT2D eigenvalue weighted by Crippen LogP contribution is 2.17. The van der Waals surface area contributed by atoms with E-state index in [9.17, 15) is 4.79 Å². The van der Waals surface area contributed by atoms with E-state index in [1.165, 1.54) is 5.56 Å². The predicted octanol–water partition coefficient (Wildman–Crippen LogP) is 1.19. The van der Waals surface area contributed by atoms with E-state index >= 15 is 0 Å². The molecule has 0 aromatic heterocycles. The molecule has 0 saturated carbocycles. The number of amides is 1. The monoisotopic (exact) mass is 204 g/mol. The van der Waals surface area contributed by atoms with Crippen molar-refractivity contribution in [3.8, 4) is 0 Å². The third-order valence-corrected chi connectivity index (χ3v) is 2.72. The van der Waals surface area contributed by atoms with Gasteiger partial charge in [-0.15, -0.1) is 0 Å². The molecule has 1 aliphatic heterocycles. The molecule has 15 heavy (non-hydrogen) atoms. The molecule has 3 heteroatoms. The number of nitrogens with one attached hydrogen (secondary N) is 1. The number of piperazine rings is 1. The Balaban J connectivity index is 2.23. The van der Waals surface area contributed by atoms with Crippen molar-refractivity contribution in [2.75, 3.05) is 24.5 Å². The van der Waals surface area contributed by atoms with Crippen LogP contribution < -0.4 is 10.2 Å². The van der Waals surface area contributed by atoms with Crippen LogP contribution in [0.15, 0.2) is 24.3 Å². The summed E-state index contributed by atoms with van der Waals surface area (Å²) in [5, 5.41) is 3.07. The molecule has 1 aromatic carbocycles. The van der Waals surface area contributed by atoms with Gasteiger partial charge in [0.2, 0.25) is 5.91 Å². The molecule has 1 heterocycles. The summed E-state index contributed by atoms with van der Waals surface area (Å²) in [4.78, 5) is 13.5. The zero-order chi connectivity index (χ0) is 10.7. The van der Waals surface area contributed by atoms with Gasteiger partial charge in [0.05, 0.1) is 6.54 Å². The lowest BCUT2D eigenvalue weighted by Gasteiger charge is -2.27. The molecule has 0 spiro atoms. The van der Waals surface area contributed by atoms with Crippen LogP contribution in [0.1, 0.15) is 12.5 Å². The van der Waals surface area contributed by atoms with Crippen molar-refractivity contribution in [2.45, 2.75) is 13.3 Å². The number of carbonyl (C=O) groups excluding carboxylic acids is 1. The number of benzene rings is 1. The quantitative estimate of drug-likeness (QED) is 0.784. The van der Waals surface area contributed by atoms with Crippen LogP contribution in [0.2, 0.25) is 0 Å². The van der Waals surface area contributed by atoms with Crippen LogP contribution in [0, 0.1) is 0 Å². The summed E-state index contributed by atoms with van der Waals surface area (Å²) in [6.45, 7) is 4.23. The normalized spacial score (nSPS) is 16.9. The fourth-order valence-electron chi connectivity index (χ4n) is 1.82. The molecular weight excluding hydrogens is 188 g/mol. The zero-order valence-corrected chi connectivity index (χ0v) is 8.99. The Morgan fingerprint density at radius 3 is 3.07 bits per heavy atom. The fourth-order valence-corrected chi connectivity index (χ4v) is 1.82. The lowest BCUT2D eigenvalue weighted by molar-refractivity contribution is -0.118. The number of aryl methyl sites for hydroxylation is 1. The lowest BCUT2D eigenvalue weighted by atomic mass is 10.1. The lowest BCUT2D eigenvalue weighted by Crippen LogP contribution is -2.48. The van der Waals surface area contributed by atoms with Crippen molar-refractivity contribution in [3.05, 3.63) is 29.8 Å². The summed E-state index contributed by atoms with van der Waals surface area (Å²) >= 11 is 0. The molecule has 80 valence electrons. The highest BCUT2D eigenvalue weighted by molar-refractivity contribution is 5.95. The van der Waals surface area contributed by atoms with Crippen molar-refractivity contribution >= 4 is 11.6 Å². The largest absolute Gasteiger partial charge is 0.310 e. The van der Waals surface area contributed by atoms with Crippen LogP contribution in [0.3, 0.4) is 0 Å². The number of nitrogens with zero attached hydrogens (tertiary/aromatic N) is 1. The first-order valence-corrected chi connectivity index (χ1v) is 5.41. The Morgan fingerprint density at radius 2 is 2.33 bits per heavy atom. The van der Waals surface area contributed by atoms with Crippen molar-refractivity contribution in [2.24, 2.45) is 0 Å². The van der Waals surface area contributed by atoms with Gasteiger partial charge in [-0.2, -0.15) is 0 Å². The Labute approximate surface area is 90.1 Å². The van der Waals surface area contributed by atoms with Crippen LogP contribution in [-0.4, -0.2) is 25.5 Å². The maximum absolute atomic E-state index is 11.7. The molecule has 1 aliphatic rings. The van der Waals surface area contributed by atoms with E-state index in [1.54, 1.807) is 0 Å². The molecule has 0 aliphatic carbocycles. The average Bonchev–Trinajstić information content (AvgIpc) is 2.30. The molecule has 0 unspecified atom stereocenters. The summed E-state index contributed by atoms with van der Waals surface area (Å²) in [5.74, 6) is 0.162. The van der Waals surface area contributed by atoms with Gasteiger partial charge in [-0.1, -0.05) is 19.1 Å². The van der Waals surface area contributed by atoms with Gasteiger partial charge in [-0.3, -0.25) is 4.79 Å². The van der Waals surface area contributed by atoms with E-state index in [0.717, 1.165) is 25.2 Å². The molecule has 3 nitrogen and oxygen atoms in total. The second-order valence-corrected chi connectivity index (χ2v) is 3.75. The maximum atomic E-state index is 11.7. The van der Waals surface area contributed by atoms with Gasteiger partial charge >= 0.3 is 0 Å². The van der Waals surface area contributed by atoms with Crippen LogP contribution in [0.4, 0.5) is 5.69 Å². The number of anilines is 1. The molecule has 1 N–H and O–H groups in total. The van der Waals surface area contributed by atoms with Crippen LogP contribution in [0.25, 0.3) is 0 Å². The summed E-state index contributed by atoms with van der Waals surface area (Å²) in [5.41, 5.74) is 2.31. The third-order valence-electron chi connectivity index (χ3n) is 2.72. The van der Waals surface area contributed by atoms with Gasteiger partial charge < -0.3 is 10.2 Å². The Morgan fingerprint density at radius 1 is 1.47 bits per heavy atom. The number of hydrogen-bond donors (Lipinski definition) is 1. The molecule has 1 fully saturated rings. The van der Waals surface area contributed by atoms with E-state index in [0.29, 0.717) is 6.54 Å². The molecule has 0 bridgehead atoms. The minimum absolute atomic E-state index is 0.162. The summed E-state index contributed by atoms with van der Waals surface area (Å²) in [7, 11) is 0. The average molecular weight is 204 g/mol. The first kappa shape index (κ1) is 10.2. The topological polar surface area (TPSA) is 32.3 Å². The van der Waals surface area contributed by atoms with Gasteiger partial charge in [-0.25, -0.2) is 0 Å². The van der Waals surface area contributed by atoms with Crippen LogP contribution in [-0.2, 0) is 11.2 Å². The Bertz CT molecular complexity index is 362. The van der Waals surface area contributed by atoms with Crippen LogP contribution in [0.5, 0.6) is 0 Å². The SMILES string of the molecule is CCc1cccc(N2CCNCC2=O)c1. The van der Waals surface area contributed by atoms with E-state index in [1.807, 2.05) is 17.0 Å². The first-order chi connectivity index (χ1) is 7.31. The predicted molar refractivity (Wildman–Crippen MR) is 61.0 cm³/mol. The highest BCUT2D eigenvalue weighted by Gasteiger charge is 2.18. The molecule has 0 radical (unpaired) electrons. The highest BCUT2D eigenvalue weighted by atomic mass is 16.2. The standard InChI is InChI=1S/C12H16N2O/c1-2-10-4-3-5-11(8-10)14-7-6-13-9-12(14)15/h3-5,8,13H,2,6-7,9H2,1H3. The number of carbonyl (C=O) groups is 1. The summed E-state index contributed by atoms with van der Waals surface area (Å²) < 4.78 is 0. The van der Waals surface area contributed by atoms with Gasteiger partial charge in [0, 0.05) is 18.8 Å². The van der Waals surface area contributed by atoms with Crippen molar-refractivity contribution in [3.63, 3.8) is 0 Å². The zero-order valence-electron chi connectivity index (χ0n) is 8.99. The minimum atomic E-state index is 0.162. The summed E-state index contributed by atoms with van der Waals surface area (Å²) in [6, 6.07) is 8.21. The van der Waals surface area contributed by atoms with Crippen molar-refractivity contribution in [1.82, 2.24) is 5.32 Å². The number of rotatable bonds is 2. The smallest absolute Gasteiger partial charge is 0.240 e. The fraction of sp³-hybridized carbons (Fsp3) is 0.417. The second kappa shape index (κ2) is 4.45. The third kappa shape index (κ3) is 2.18. The first-order valence-electron chi connectivity index (χ1n) is 5.41. The molecule has 1 amide bonds. The van der Waals surface area contributed by atoms with E-state index in [4.69, 9.17) is 0 Å². The van der Waals surface area contributed by atoms with Crippen molar-refractivity contribution in [1.29, 1.82) is 0 Å². The molecule has 1 aromatic rings. The molecule has 1 saturated heterocycles. The van der Waals surface area contributed by atoms with E-state index in [-0.39, 0.29) is 5.91 Å². The van der Waals surface area contributed by atoms with Crippen LogP contribution >= 0.6 is 0 Å². The Kier molecular flexibility index (Phi) is 3.02. The second-order valence-electron chi connectivity index (χ2n) is 3.75. The van der Waals surface area contributed by atoms with E-state index < -0.39 is 0 Å². The number of hydrogen-bond acceptors (Lipinski definition) is 2. The van der Waals surface area contributed by atoms with Gasteiger partial charge in [-0.05, 0) is 24.1 Å². The Hall–Kier alpha value is -1.35. The minimum Gasteiger partial charge on any atom is -0.310 e. The molecular formula is C12H16N2O. The molecule has 0 atom stereocenters. The summed E-state index contributed by atoms with van der Waals surface area (Å²) in [6.07, 6.45) is 1.01. The van der Waals surface area contributed by atoms with Crippen molar-refractivity contribution < 1.29 is 4.79 Å². The molecule has 2 rings (SSSR count). The van der Waals surface area contributed by atoms with E-state index in [2.05, 4.69) is 24.4 Å². The maximum Gasteiger partial charge on any atom is 0.240 e. The van der Waals surface area contributed by atoms with Gasteiger partial charge in [0.15, 0.2) is 0 Å². The van der Waals surface area contributed by atoms with Gasteiger partial charge in [0.25, 0.3) is 0 Å².